The summed E-state index contributed by atoms with van der Waals surface area (Å²) in [4.78, 5) is 0. The van der Waals surface area contributed by atoms with E-state index < -0.39 is 0 Å². The zero-order chi connectivity index (χ0) is 18.7. The van der Waals surface area contributed by atoms with E-state index in [-0.39, 0.29) is 0 Å². The number of nitrogens with zero attached hydrogens (tertiary/aromatic N) is 1. The Hall–Kier alpha value is -2.46. The van der Waals surface area contributed by atoms with Crippen LogP contribution in [0.25, 0.3) is 0 Å². The van der Waals surface area contributed by atoms with Crippen molar-refractivity contribution in [2.75, 3.05) is 14.1 Å². The average molecular weight is 341 g/mol. The molecule has 0 amide bonds. The molecule has 0 aromatic rings. The van der Waals surface area contributed by atoms with E-state index in [1.54, 1.807) is 11.1 Å². The Morgan fingerprint density at radius 2 is 2.12 bits per heavy atom. The topological polar surface area (TPSA) is 67.3 Å². The molecule has 4 heteroatoms. The molecule has 1 rings (SSSR count). The van der Waals surface area contributed by atoms with E-state index in [2.05, 4.69) is 55.3 Å². The predicted molar refractivity (Wildman–Crippen MR) is 109 cm³/mol. The number of hydrogen-bond donors (Lipinski definition) is 3. The minimum Gasteiger partial charge on any atom is -0.397 e. The Labute approximate surface area is 152 Å². The summed E-state index contributed by atoms with van der Waals surface area (Å²) >= 11 is 0. The molecule has 0 atom stereocenters. The van der Waals surface area contributed by atoms with Gasteiger partial charge in [-0.3, -0.25) is 0 Å². The average Bonchev–Trinajstić information content (AvgIpc) is 2.55. The monoisotopic (exact) mass is 340 g/mol. The number of hydrazine groups is 1. The van der Waals surface area contributed by atoms with E-state index in [1.165, 1.54) is 0 Å². The van der Waals surface area contributed by atoms with Gasteiger partial charge in [0.25, 0.3) is 0 Å². The van der Waals surface area contributed by atoms with Crippen molar-refractivity contribution in [3.63, 3.8) is 0 Å². The van der Waals surface area contributed by atoms with Crippen LogP contribution >= 0.6 is 0 Å². The summed E-state index contributed by atoms with van der Waals surface area (Å²) < 4.78 is 0. The van der Waals surface area contributed by atoms with Crippen LogP contribution in [-0.4, -0.2) is 19.1 Å². The van der Waals surface area contributed by atoms with Gasteiger partial charge < -0.3 is 16.1 Å². The lowest BCUT2D eigenvalue weighted by atomic mass is 9.97. The maximum absolute atomic E-state index is 6.60. The fourth-order valence-electron chi connectivity index (χ4n) is 2.85. The van der Waals surface area contributed by atoms with Crippen LogP contribution in [0.1, 0.15) is 32.6 Å². The number of rotatable bonds is 8. The van der Waals surface area contributed by atoms with Gasteiger partial charge in [-0.25, -0.2) is 5.84 Å². The molecule has 0 unspecified atom stereocenters. The number of likely N-dealkylation sites (N-methyl/N-ethyl adjacent to an activating group) is 1. The minimum absolute atomic E-state index is 0.720. The molecule has 1 aliphatic carbocycles. The molecule has 0 bridgehead atoms. The first kappa shape index (κ1) is 20.6. The zero-order valence-electron chi connectivity index (χ0n) is 15.8. The number of allylic oxidation sites excluding steroid dienone is 10. The lowest BCUT2D eigenvalue weighted by Gasteiger charge is -2.24. The van der Waals surface area contributed by atoms with E-state index in [0.29, 0.717) is 0 Å². The van der Waals surface area contributed by atoms with Crippen molar-refractivity contribution >= 4 is 0 Å². The van der Waals surface area contributed by atoms with Crippen LogP contribution in [0.4, 0.5) is 0 Å². The van der Waals surface area contributed by atoms with Crippen LogP contribution in [0.2, 0.25) is 0 Å². The zero-order valence-corrected chi connectivity index (χ0v) is 15.8. The first-order chi connectivity index (χ1) is 12.1. The van der Waals surface area contributed by atoms with Gasteiger partial charge in [0.1, 0.15) is 0 Å². The molecule has 0 saturated heterocycles. The maximum Gasteiger partial charge on any atom is 0.0782 e. The summed E-state index contributed by atoms with van der Waals surface area (Å²) in [6, 6.07) is 0. The number of nitrogens with two attached hydrogens (primary N) is 2. The second-order valence-corrected chi connectivity index (χ2v) is 5.83. The summed E-state index contributed by atoms with van der Waals surface area (Å²) in [7, 11) is 3.76. The third-order valence-corrected chi connectivity index (χ3v) is 4.06. The molecule has 0 fully saturated rings. The molecule has 0 aliphatic heterocycles. The highest BCUT2D eigenvalue weighted by atomic mass is 15.4. The van der Waals surface area contributed by atoms with Crippen molar-refractivity contribution < 1.29 is 0 Å². The number of nitrogens with one attached hydrogen (secondary N) is 1. The lowest BCUT2D eigenvalue weighted by molar-refractivity contribution is 0.441. The molecule has 0 saturated carbocycles. The molecular formula is C21H32N4. The molecular weight excluding hydrogens is 308 g/mol. The van der Waals surface area contributed by atoms with E-state index in [0.717, 1.165) is 53.9 Å². The van der Waals surface area contributed by atoms with Crippen molar-refractivity contribution in [2.45, 2.75) is 32.6 Å². The summed E-state index contributed by atoms with van der Waals surface area (Å²) in [5.41, 5.74) is 11.5. The molecule has 5 N–H and O–H groups in total. The van der Waals surface area contributed by atoms with Gasteiger partial charge in [-0.05, 0) is 30.4 Å². The first-order valence-corrected chi connectivity index (χ1v) is 8.73. The van der Waals surface area contributed by atoms with Gasteiger partial charge in [0, 0.05) is 26.2 Å². The van der Waals surface area contributed by atoms with Gasteiger partial charge in [0.15, 0.2) is 0 Å². The fraction of sp³-hybridized carbons (Fsp3) is 0.333. The molecule has 4 nitrogen and oxygen atoms in total. The van der Waals surface area contributed by atoms with Gasteiger partial charge >= 0.3 is 0 Å². The molecule has 136 valence electrons. The second kappa shape index (κ2) is 11.2. The van der Waals surface area contributed by atoms with Crippen molar-refractivity contribution in [1.29, 1.82) is 0 Å². The van der Waals surface area contributed by atoms with Crippen molar-refractivity contribution in [3.8, 4) is 0 Å². The van der Waals surface area contributed by atoms with E-state index in [4.69, 9.17) is 11.6 Å². The van der Waals surface area contributed by atoms with Gasteiger partial charge in [-0.1, -0.05) is 62.1 Å². The Kier molecular flexibility index (Phi) is 9.19. The van der Waals surface area contributed by atoms with Crippen molar-refractivity contribution in [3.05, 3.63) is 83.4 Å². The smallest absolute Gasteiger partial charge is 0.0782 e. The SMILES string of the molecule is C=C/C=C\C/C(NC)=C(CC)/C(N)=C(\C1=C/C=CC/C=C\C1)N(C)N. The fourth-order valence-corrected chi connectivity index (χ4v) is 2.85. The number of hydrogen-bond acceptors (Lipinski definition) is 4. The van der Waals surface area contributed by atoms with Gasteiger partial charge in [-0.15, -0.1) is 0 Å². The van der Waals surface area contributed by atoms with Gasteiger partial charge in [0.2, 0.25) is 0 Å². The van der Waals surface area contributed by atoms with E-state index >= 15 is 0 Å². The Morgan fingerprint density at radius 3 is 2.72 bits per heavy atom. The lowest BCUT2D eigenvalue weighted by Crippen LogP contribution is -2.30. The summed E-state index contributed by atoms with van der Waals surface area (Å²) in [5.74, 6) is 6.15. The van der Waals surface area contributed by atoms with E-state index in [9.17, 15) is 0 Å². The molecule has 1 aliphatic rings. The van der Waals surface area contributed by atoms with Gasteiger partial charge in [-0.2, -0.15) is 0 Å². The third kappa shape index (κ3) is 6.16. The Balaban J connectivity index is 3.43. The van der Waals surface area contributed by atoms with Crippen LogP contribution in [0.3, 0.4) is 0 Å². The quantitative estimate of drug-likeness (QED) is 0.272. The predicted octanol–water partition coefficient (Wildman–Crippen LogP) is 3.81. The summed E-state index contributed by atoms with van der Waals surface area (Å²) in [5, 5.41) is 4.90. The summed E-state index contributed by atoms with van der Waals surface area (Å²) in [6.45, 7) is 5.82. The van der Waals surface area contributed by atoms with E-state index in [1.807, 2.05) is 20.2 Å². The minimum atomic E-state index is 0.720. The van der Waals surface area contributed by atoms with Crippen LogP contribution < -0.4 is 16.9 Å². The largest absolute Gasteiger partial charge is 0.397 e. The molecule has 0 aromatic carbocycles. The highest BCUT2D eigenvalue weighted by Crippen LogP contribution is 2.26. The second-order valence-electron chi connectivity index (χ2n) is 5.83. The highest BCUT2D eigenvalue weighted by molar-refractivity contribution is 5.46. The van der Waals surface area contributed by atoms with Crippen LogP contribution in [0.15, 0.2) is 83.4 Å². The highest BCUT2D eigenvalue weighted by Gasteiger charge is 2.16. The molecule has 0 spiro atoms. The molecule has 0 heterocycles. The maximum atomic E-state index is 6.60. The summed E-state index contributed by atoms with van der Waals surface area (Å²) in [6.07, 6.45) is 19.7. The molecule has 0 aromatic heterocycles. The molecule has 25 heavy (non-hydrogen) atoms. The van der Waals surface area contributed by atoms with Gasteiger partial charge in [0.05, 0.1) is 11.4 Å². The van der Waals surface area contributed by atoms with Crippen molar-refractivity contribution in [2.24, 2.45) is 11.6 Å². The Morgan fingerprint density at radius 1 is 1.36 bits per heavy atom. The first-order valence-electron chi connectivity index (χ1n) is 8.73. The third-order valence-electron chi connectivity index (χ3n) is 4.06. The Bertz CT molecular complexity index is 628. The van der Waals surface area contributed by atoms with Crippen molar-refractivity contribution in [1.82, 2.24) is 10.3 Å². The molecule has 0 radical (unpaired) electrons. The van der Waals surface area contributed by atoms with Crippen LogP contribution in [0.5, 0.6) is 0 Å². The standard InChI is InChI=1S/C21H32N4/c1-5-7-11-16-19(24-3)18(6-2)20(22)21(25(4)23)17-14-12-9-8-10-13-15-17/h5,7,9-14,24H,1,6,8,15-16,22-23H2,2-4H3/b11-7-,12-9?,13-10-,17-14-,19-18-,21-20-. The van der Waals surface area contributed by atoms with Crippen LogP contribution in [0, 0.1) is 0 Å². The van der Waals surface area contributed by atoms with Crippen LogP contribution in [-0.2, 0) is 0 Å². The normalized spacial score (nSPS) is 19.9.